The van der Waals surface area contributed by atoms with Gasteiger partial charge in [-0.15, -0.1) is 0 Å². The summed E-state index contributed by atoms with van der Waals surface area (Å²) < 4.78 is 13.9. The molecule has 36 heavy (non-hydrogen) atoms. The minimum atomic E-state index is -0.222. The fourth-order valence-electron chi connectivity index (χ4n) is 5.10. The second-order valence-electron chi connectivity index (χ2n) is 9.57. The monoisotopic (exact) mass is 553 g/mol. The summed E-state index contributed by atoms with van der Waals surface area (Å²) in [7, 11) is 6.23. The van der Waals surface area contributed by atoms with E-state index in [1.807, 2.05) is 26.2 Å². The van der Waals surface area contributed by atoms with Crippen molar-refractivity contribution in [2.45, 2.75) is 25.4 Å². The number of nitrogens with two attached hydrogens (primary N) is 1. The predicted molar refractivity (Wildman–Crippen MR) is 149 cm³/mol. The molecule has 0 bridgehead atoms. The van der Waals surface area contributed by atoms with E-state index in [-0.39, 0.29) is 16.5 Å². The van der Waals surface area contributed by atoms with Crippen molar-refractivity contribution < 1.29 is 4.39 Å². The second-order valence-corrected chi connectivity index (χ2v) is 10.4. The molecule has 1 saturated heterocycles. The lowest BCUT2D eigenvalue weighted by Crippen LogP contribution is -2.40. The number of aromatic nitrogens is 2. The van der Waals surface area contributed by atoms with E-state index in [1.165, 1.54) is 17.6 Å². The van der Waals surface area contributed by atoms with Gasteiger partial charge in [0.15, 0.2) is 0 Å². The molecule has 1 atom stereocenters. The van der Waals surface area contributed by atoms with E-state index in [0.29, 0.717) is 23.1 Å². The molecule has 1 aromatic heterocycles. The molecule has 7 nitrogen and oxygen atoms in total. The molecule has 3 N–H and O–H groups in total. The summed E-state index contributed by atoms with van der Waals surface area (Å²) in [6.07, 6.45) is 3.32. The number of rotatable bonds is 8. The Hall–Kier alpha value is -3.04. The zero-order chi connectivity index (χ0) is 25.8. The Morgan fingerprint density at radius 1 is 1.08 bits per heavy atom. The predicted octanol–water partition coefficient (Wildman–Crippen LogP) is 5.07. The molecule has 2 aromatic carbocycles. The molecule has 0 aliphatic carbocycles. The average Bonchev–Trinajstić information content (AvgIpc) is 2.86. The fraction of sp³-hybridized carbons (Fsp3) is 0.370. The summed E-state index contributed by atoms with van der Waals surface area (Å²) in [4.78, 5) is 15.1. The van der Waals surface area contributed by atoms with Crippen LogP contribution in [0.1, 0.15) is 35.6 Å². The molecule has 1 fully saturated rings. The Morgan fingerprint density at radius 3 is 2.31 bits per heavy atom. The van der Waals surface area contributed by atoms with E-state index in [0.717, 1.165) is 38.0 Å². The Bertz CT molecular complexity index is 1180. The molecule has 4 rings (SSSR count). The van der Waals surface area contributed by atoms with Gasteiger partial charge in [-0.05, 0) is 77.1 Å². The zero-order valence-corrected chi connectivity index (χ0v) is 22.5. The highest BCUT2D eigenvalue weighted by Crippen LogP contribution is 2.37. The number of hydrogen-bond acceptors (Lipinski definition) is 7. The Labute approximate surface area is 220 Å². The van der Waals surface area contributed by atoms with Crippen LogP contribution in [0.5, 0.6) is 0 Å². The Morgan fingerprint density at radius 2 is 1.72 bits per heavy atom. The van der Waals surface area contributed by atoms with Crippen molar-refractivity contribution >= 4 is 37.9 Å². The third-order valence-corrected chi connectivity index (χ3v) is 7.33. The summed E-state index contributed by atoms with van der Waals surface area (Å²) in [5, 5.41) is 8.06. The molecule has 9 heteroatoms. The van der Waals surface area contributed by atoms with E-state index in [9.17, 15) is 4.39 Å². The van der Waals surface area contributed by atoms with Crippen LogP contribution in [0.2, 0.25) is 0 Å². The van der Waals surface area contributed by atoms with E-state index >= 15 is 0 Å². The molecular weight excluding hydrogens is 521 g/mol. The van der Waals surface area contributed by atoms with Crippen molar-refractivity contribution in [2.24, 2.45) is 5.92 Å². The molecule has 1 aliphatic rings. The first-order valence-corrected chi connectivity index (χ1v) is 12.9. The van der Waals surface area contributed by atoms with E-state index < -0.39 is 0 Å². The number of piperidine rings is 1. The number of nitrogens with zero attached hydrogens (tertiary/aromatic N) is 5. The first-order valence-electron chi connectivity index (χ1n) is 12.1. The molecule has 1 aliphatic heterocycles. The minimum Gasteiger partial charge on any atom is -0.383 e. The number of nitrogens with one attached hydrogen (secondary N) is 1. The van der Waals surface area contributed by atoms with Gasteiger partial charge in [0.2, 0.25) is 0 Å². The van der Waals surface area contributed by atoms with Crippen LogP contribution in [0, 0.1) is 17.1 Å². The maximum atomic E-state index is 13.8. The summed E-state index contributed by atoms with van der Waals surface area (Å²) in [5.74, 6) is 1.15. The number of anilines is 3. The highest BCUT2D eigenvalue weighted by Gasteiger charge is 2.32. The molecule has 3 aromatic rings. The van der Waals surface area contributed by atoms with Crippen molar-refractivity contribution in [3.05, 3.63) is 77.4 Å². The smallest absolute Gasteiger partial charge is 0.144 e. The average molecular weight is 555 g/mol. The third kappa shape index (κ3) is 5.84. The zero-order valence-electron chi connectivity index (χ0n) is 21.0. The van der Waals surface area contributed by atoms with E-state index in [1.54, 1.807) is 12.1 Å². The quantitative estimate of drug-likeness (QED) is 0.378. The summed E-state index contributed by atoms with van der Waals surface area (Å²) >= 11 is 3.24. The highest BCUT2D eigenvalue weighted by molar-refractivity contribution is 9.18. The van der Waals surface area contributed by atoms with Crippen molar-refractivity contribution in [1.29, 1.82) is 5.41 Å². The van der Waals surface area contributed by atoms with E-state index in [2.05, 4.69) is 71.9 Å². The van der Waals surface area contributed by atoms with Crippen molar-refractivity contribution in [3.63, 3.8) is 0 Å². The SMILES string of the molecule is CN(C)c1ccc(CN(C)C(c2ccc(F)cc2)C2CCN(c3ncnc(N)c3C(=N)Br)CC2)cc1. The van der Waals surface area contributed by atoms with Gasteiger partial charge in [0.25, 0.3) is 0 Å². The highest BCUT2D eigenvalue weighted by atomic mass is 79.9. The molecule has 190 valence electrons. The maximum absolute atomic E-state index is 13.8. The first kappa shape index (κ1) is 26.0. The van der Waals surface area contributed by atoms with Crippen molar-refractivity contribution in [1.82, 2.24) is 14.9 Å². The second kappa shape index (κ2) is 11.3. The molecule has 0 saturated carbocycles. The third-order valence-electron chi connectivity index (χ3n) is 6.93. The van der Waals surface area contributed by atoms with Crippen LogP contribution in [0.15, 0.2) is 54.9 Å². The summed E-state index contributed by atoms with van der Waals surface area (Å²) in [5.41, 5.74) is 10.1. The number of halogens is 2. The van der Waals surface area contributed by atoms with Gasteiger partial charge in [-0.3, -0.25) is 10.3 Å². The molecular formula is C27H33BrFN7. The van der Waals surface area contributed by atoms with Crippen LogP contribution in [0.4, 0.5) is 21.7 Å². The molecule has 2 heterocycles. The number of hydrogen-bond donors (Lipinski definition) is 2. The topological polar surface area (TPSA) is 85.4 Å². The van der Waals surface area contributed by atoms with Gasteiger partial charge >= 0.3 is 0 Å². The molecule has 0 spiro atoms. The molecule has 1 unspecified atom stereocenters. The van der Waals surface area contributed by atoms with Gasteiger partial charge in [-0.2, -0.15) is 0 Å². The molecule has 0 amide bonds. The van der Waals surface area contributed by atoms with Crippen molar-refractivity contribution in [2.75, 3.05) is 49.8 Å². The van der Waals surface area contributed by atoms with E-state index in [4.69, 9.17) is 11.1 Å². The van der Waals surface area contributed by atoms with Gasteiger partial charge in [0.05, 0.1) is 5.56 Å². The van der Waals surface area contributed by atoms with Crippen LogP contribution in [0.3, 0.4) is 0 Å². The minimum absolute atomic E-state index is 0.144. The summed E-state index contributed by atoms with van der Waals surface area (Å²) in [6, 6.07) is 15.7. The van der Waals surface area contributed by atoms with Gasteiger partial charge in [-0.1, -0.05) is 24.3 Å². The van der Waals surface area contributed by atoms with Crippen molar-refractivity contribution in [3.8, 4) is 0 Å². The van der Waals surface area contributed by atoms with Gasteiger partial charge in [-0.25, -0.2) is 14.4 Å². The van der Waals surface area contributed by atoms with Gasteiger partial charge < -0.3 is 15.5 Å². The van der Waals surface area contributed by atoms with Crippen LogP contribution in [-0.4, -0.2) is 53.7 Å². The maximum Gasteiger partial charge on any atom is 0.144 e. The standard InChI is InChI=1S/C27H33BrFN7/c1-34(2)22-10-4-18(5-11-22)16-35(3)24(19-6-8-21(29)9-7-19)20-12-14-36(15-13-20)27-23(25(28)30)26(31)32-17-33-27/h4-11,17,20,24,30H,12-16H2,1-3H3,(H2,31,32,33). The first-order chi connectivity index (χ1) is 17.2. The van der Waals surface area contributed by atoms with Gasteiger partial charge in [0.1, 0.15) is 28.4 Å². The van der Waals surface area contributed by atoms with Crippen LogP contribution >= 0.6 is 15.9 Å². The lowest BCUT2D eigenvalue weighted by molar-refractivity contribution is 0.148. The normalized spacial score (nSPS) is 15.2. The van der Waals surface area contributed by atoms with Crippen LogP contribution in [-0.2, 0) is 6.54 Å². The largest absolute Gasteiger partial charge is 0.383 e. The van der Waals surface area contributed by atoms with Crippen LogP contribution in [0.25, 0.3) is 0 Å². The van der Waals surface area contributed by atoms with Gasteiger partial charge in [0, 0.05) is 45.5 Å². The number of nitrogen functional groups attached to an aromatic ring is 1. The Kier molecular flexibility index (Phi) is 8.21. The number of benzene rings is 2. The fourth-order valence-corrected chi connectivity index (χ4v) is 5.48. The lowest BCUT2D eigenvalue weighted by atomic mass is 9.84. The Balaban J connectivity index is 1.54. The molecule has 0 radical (unpaired) electrons. The summed E-state index contributed by atoms with van der Waals surface area (Å²) in [6.45, 7) is 2.37. The lowest BCUT2D eigenvalue weighted by Gasteiger charge is -2.41. The van der Waals surface area contributed by atoms with Crippen LogP contribution < -0.4 is 15.5 Å².